The lowest BCUT2D eigenvalue weighted by atomic mass is 10.3. The number of phenolic OH excluding ortho intramolecular Hbond substituents is 1. The summed E-state index contributed by atoms with van der Waals surface area (Å²) in [6.07, 6.45) is 0. The molecular weight excluding hydrogens is 297 g/mol. The zero-order valence-corrected chi connectivity index (χ0v) is 12.0. The number of anilines is 1. The van der Waals surface area contributed by atoms with E-state index in [0.29, 0.717) is 6.61 Å². The SMILES string of the molecule is CCOc1ccc(NS(=O)(=O)c2ccc(O)cc2)cc1F. The van der Waals surface area contributed by atoms with Crippen molar-refractivity contribution in [1.82, 2.24) is 0 Å². The van der Waals surface area contributed by atoms with E-state index in [1.54, 1.807) is 6.92 Å². The van der Waals surface area contributed by atoms with E-state index in [4.69, 9.17) is 9.84 Å². The van der Waals surface area contributed by atoms with Gasteiger partial charge in [0.15, 0.2) is 11.6 Å². The minimum atomic E-state index is -3.84. The topological polar surface area (TPSA) is 75.6 Å². The summed E-state index contributed by atoms with van der Waals surface area (Å²) in [6.45, 7) is 2.04. The van der Waals surface area contributed by atoms with Gasteiger partial charge >= 0.3 is 0 Å². The molecule has 0 bridgehead atoms. The molecule has 2 N–H and O–H groups in total. The molecule has 2 aromatic rings. The lowest BCUT2D eigenvalue weighted by Gasteiger charge is -2.10. The van der Waals surface area contributed by atoms with Crippen molar-refractivity contribution in [3.63, 3.8) is 0 Å². The molecule has 0 amide bonds. The van der Waals surface area contributed by atoms with Gasteiger partial charge in [0.2, 0.25) is 0 Å². The van der Waals surface area contributed by atoms with Gasteiger partial charge < -0.3 is 9.84 Å². The van der Waals surface area contributed by atoms with Crippen molar-refractivity contribution in [3.8, 4) is 11.5 Å². The van der Waals surface area contributed by atoms with Gasteiger partial charge in [0, 0.05) is 6.07 Å². The van der Waals surface area contributed by atoms with Crippen molar-refractivity contribution in [2.75, 3.05) is 11.3 Å². The second-order valence-electron chi connectivity index (χ2n) is 4.18. The molecule has 0 aromatic heterocycles. The summed E-state index contributed by atoms with van der Waals surface area (Å²) in [5, 5.41) is 9.15. The van der Waals surface area contributed by atoms with Crippen LogP contribution < -0.4 is 9.46 Å². The fourth-order valence-corrected chi connectivity index (χ4v) is 2.73. The van der Waals surface area contributed by atoms with E-state index >= 15 is 0 Å². The van der Waals surface area contributed by atoms with Crippen LogP contribution >= 0.6 is 0 Å². The molecule has 0 aliphatic heterocycles. The summed E-state index contributed by atoms with van der Waals surface area (Å²) in [5.74, 6) is -0.631. The summed E-state index contributed by atoms with van der Waals surface area (Å²) in [5.41, 5.74) is 0.0871. The maximum absolute atomic E-state index is 13.7. The Bertz CT molecular complexity index is 729. The van der Waals surface area contributed by atoms with Crippen LogP contribution in [0.3, 0.4) is 0 Å². The summed E-state index contributed by atoms with van der Waals surface area (Å²) in [7, 11) is -3.84. The van der Waals surface area contributed by atoms with E-state index in [1.165, 1.54) is 36.4 Å². The minimum absolute atomic E-state index is 0.0328. The maximum Gasteiger partial charge on any atom is 0.261 e. The Kier molecular flexibility index (Phi) is 4.32. The smallest absolute Gasteiger partial charge is 0.261 e. The van der Waals surface area contributed by atoms with Crippen LogP contribution in [0.15, 0.2) is 47.4 Å². The Morgan fingerprint density at radius 1 is 1.19 bits per heavy atom. The van der Waals surface area contributed by atoms with Crippen molar-refractivity contribution >= 4 is 15.7 Å². The average molecular weight is 311 g/mol. The van der Waals surface area contributed by atoms with Crippen molar-refractivity contribution in [3.05, 3.63) is 48.3 Å². The number of sulfonamides is 1. The highest BCUT2D eigenvalue weighted by Crippen LogP contribution is 2.23. The maximum atomic E-state index is 13.7. The molecule has 0 aliphatic rings. The van der Waals surface area contributed by atoms with Gasteiger partial charge in [0.25, 0.3) is 10.0 Å². The number of halogens is 1. The fraction of sp³-hybridized carbons (Fsp3) is 0.143. The van der Waals surface area contributed by atoms with Crippen molar-refractivity contribution in [2.24, 2.45) is 0 Å². The van der Waals surface area contributed by atoms with Gasteiger partial charge in [-0.15, -0.1) is 0 Å². The number of ether oxygens (including phenoxy) is 1. The third-order valence-electron chi connectivity index (χ3n) is 2.63. The van der Waals surface area contributed by atoms with Crippen LogP contribution in [0.4, 0.5) is 10.1 Å². The van der Waals surface area contributed by atoms with Crippen molar-refractivity contribution < 1.29 is 22.7 Å². The first-order chi connectivity index (χ1) is 9.92. The lowest BCUT2D eigenvalue weighted by molar-refractivity contribution is 0.321. The summed E-state index contributed by atoms with van der Waals surface area (Å²) < 4.78 is 45.2. The molecular formula is C14H14FNO4S. The molecule has 0 fully saturated rings. The molecule has 0 aliphatic carbocycles. The van der Waals surface area contributed by atoms with E-state index in [0.717, 1.165) is 6.07 Å². The average Bonchev–Trinajstić information content (AvgIpc) is 2.42. The molecule has 2 aromatic carbocycles. The molecule has 0 spiro atoms. The van der Waals surface area contributed by atoms with Gasteiger partial charge in [0.1, 0.15) is 5.75 Å². The van der Waals surface area contributed by atoms with Crippen LogP contribution in [0.5, 0.6) is 11.5 Å². The molecule has 0 saturated carbocycles. The Labute approximate surface area is 122 Å². The molecule has 0 radical (unpaired) electrons. The van der Waals surface area contributed by atoms with Crippen LogP contribution in [-0.2, 0) is 10.0 Å². The predicted octanol–water partition coefficient (Wildman–Crippen LogP) is 2.73. The summed E-state index contributed by atoms with van der Waals surface area (Å²) in [4.78, 5) is -0.0328. The van der Waals surface area contributed by atoms with Crippen LogP contribution in [-0.4, -0.2) is 20.1 Å². The number of phenols is 1. The summed E-state index contributed by atoms with van der Waals surface area (Å²) in [6, 6.07) is 8.83. The van der Waals surface area contributed by atoms with Crippen LogP contribution in [0, 0.1) is 5.82 Å². The largest absolute Gasteiger partial charge is 0.508 e. The normalized spacial score (nSPS) is 11.1. The van der Waals surface area contributed by atoms with E-state index in [-0.39, 0.29) is 22.1 Å². The standard InChI is InChI=1S/C14H14FNO4S/c1-2-20-14-8-3-10(9-13(14)15)16-21(18,19)12-6-4-11(17)5-7-12/h3-9,16-17H,2H2,1H3. The van der Waals surface area contributed by atoms with E-state index in [2.05, 4.69) is 4.72 Å². The Balaban J connectivity index is 2.24. The molecule has 112 valence electrons. The van der Waals surface area contributed by atoms with Gasteiger partial charge in [0.05, 0.1) is 17.2 Å². The highest BCUT2D eigenvalue weighted by Gasteiger charge is 2.15. The Hall–Kier alpha value is -2.28. The predicted molar refractivity (Wildman–Crippen MR) is 76.5 cm³/mol. The zero-order valence-electron chi connectivity index (χ0n) is 11.2. The minimum Gasteiger partial charge on any atom is -0.508 e. The van der Waals surface area contributed by atoms with Gasteiger partial charge in [-0.1, -0.05) is 0 Å². The van der Waals surface area contributed by atoms with Gasteiger partial charge in [-0.3, -0.25) is 4.72 Å². The number of rotatable bonds is 5. The first kappa shape index (κ1) is 15.1. The fourth-order valence-electron chi connectivity index (χ4n) is 1.68. The van der Waals surface area contributed by atoms with Gasteiger partial charge in [-0.2, -0.15) is 0 Å². The van der Waals surface area contributed by atoms with Crippen LogP contribution in [0.25, 0.3) is 0 Å². The Morgan fingerprint density at radius 2 is 1.86 bits per heavy atom. The molecule has 5 nitrogen and oxygen atoms in total. The highest BCUT2D eigenvalue weighted by molar-refractivity contribution is 7.92. The van der Waals surface area contributed by atoms with Crippen molar-refractivity contribution in [2.45, 2.75) is 11.8 Å². The van der Waals surface area contributed by atoms with E-state index in [1.807, 2.05) is 0 Å². The molecule has 0 saturated heterocycles. The Morgan fingerprint density at radius 3 is 2.43 bits per heavy atom. The molecule has 21 heavy (non-hydrogen) atoms. The zero-order chi connectivity index (χ0) is 15.5. The third kappa shape index (κ3) is 3.63. The van der Waals surface area contributed by atoms with E-state index in [9.17, 15) is 12.8 Å². The molecule has 0 atom stereocenters. The first-order valence-electron chi connectivity index (χ1n) is 6.16. The number of aromatic hydroxyl groups is 1. The molecule has 0 unspecified atom stereocenters. The van der Waals surface area contributed by atoms with Crippen LogP contribution in [0.2, 0.25) is 0 Å². The molecule has 2 rings (SSSR count). The summed E-state index contributed by atoms with van der Waals surface area (Å²) >= 11 is 0. The van der Waals surface area contributed by atoms with E-state index < -0.39 is 15.8 Å². The first-order valence-corrected chi connectivity index (χ1v) is 7.65. The highest BCUT2D eigenvalue weighted by atomic mass is 32.2. The number of hydrogen-bond acceptors (Lipinski definition) is 4. The molecule has 7 heteroatoms. The monoisotopic (exact) mass is 311 g/mol. The number of nitrogens with one attached hydrogen (secondary N) is 1. The second kappa shape index (κ2) is 6.01. The van der Waals surface area contributed by atoms with Gasteiger partial charge in [-0.25, -0.2) is 12.8 Å². The molecule has 0 heterocycles. The van der Waals surface area contributed by atoms with Gasteiger partial charge in [-0.05, 0) is 43.3 Å². The van der Waals surface area contributed by atoms with Crippen LogP contribution in [0.1, 0.15) is 6.92 Å². The lowest BCUT2D eigenvalue weighted by Crippen LogP contribution is -2.13. The number of benzene rings is 2. The second-order valence-corrected chi connectivity index (χ2v) is 5.86. The number of hydrogen-bond donors (Lipinski definition) is 2. The van der Waals surface area contributed by atoms with Crippen molar-refractivity contribution in [1.29, 1.82) is 0 Å². The third-order valence-corrected chi connectivity index (χ3v) is 4.03. The quantitative estimate of drug-likeness (QED) is 0.890.